The standard InChI is InChI=1S/C16H16ClN3OS3/c17-12-3-1-4-13(11-12)21-8-10-23-16-20-19-15(24-16)18-7-6-14-5-2-9-22-14/h1-5,9,11H,6-8,10H2,(H,18,19). The number of hydrogen-bond acceptors (Lipinski definition) is 7. The van der Waals surface area contributed by atoms with E-state index in [4.69, 9.17) is 16.3 Å². The first-order valence-corrected chi connectivity index (χ1v) is 10.5. The van der Waals surface area contributed by atoms with E-state index in [0.717, 1.165) is 33.9 Å². The molecular weight excluding hydrogens is 382 g/mol. The second-order valence-corrected chi connectivity index (χ2v) is 8.57. The van der Waals surface area contributed by atoms with Gasteiger partial charge < -0.3 is 10.1 Å². The Labute approximate surface area is 158 Å². The van der Waals surface area contributed by atoms with Crippen LogP contribution in [0.25, 0.3) is 0 Å². The van der Waals surface area contributed by atoms with E-state index in [1.54, 1.807) is 34.4 Å². The van der Waals surface area contributed by atoms with Crippen LogP contribution in [0, 0.1) is 0 Å². The molecule has 0 aliphatic carbocycles. The normalized spacial score (nSPS) is 10.7. The van der Waals surface area contributed by atoms with Crippen LogP contribution in [0.3, 0.4) is 0 Å². The zero-order valence-corrected chi connectivity index (χ0v) is 16.0. The summed E-state index contributed by atoms with van der Waals surface area (Å²) in [7, 11) is 0. The van der Waals surface area contributed by atoms with E-state index in [9.17, 15) is 0 Å². The minimum absolute atomic E-state index is 0.603. The average molecular weight is 398 g/mol. The van der Waals surface area contributed by atoms with E-state index < -0.39 is 0 Å². The van der Waals surface area contributed by atoms with Gasteiger partial charge in [-0.05, 0) is 36.1 Å². The first kappa shape index (κ1) is 17.5. The number of nitrogens with one attached hydrogen (secondary N) is 1. The predicted octanol–water partition coefficient (Wildman–Crippen LogP) is 5.08. The quantitative estimate of drug-likeness (QED) is 0.403. The molecule has 2 heterocycles. The van der Waals surface area contributed by atoms with Crippen LogP contribution in [0.1, 0.15) is 4.88 Å². The summed E-state index contributed by atoms with van der Waals surface area (Å²) in [5.74, 6) is 1.60. The third-order valence-corrected chi connectivity index (χ3v) is 6.16. The highest BCUT2D eigenvalue weighted by molar-refractivity contribution is 8.01. The summed E-state index contributed by atoms with van der Waals surface area (Å²) in [6.45, 7) is 1.48. The van der Waals surface area contributed by atoms with Gasteiger partial charge in [0, 0.05) is 22.2 Å². The Hall–Kier alpha value is -1.28. The summed E-state index contributed by atoms with van der Waals surface area (Å²) in [6, 6.07) is 11.6. The smallest absolute Gasteiger partial charge is 0.206 e. The SMILES string of the molecule is Clc1cccc(OCCSc2nnc(NCCc3cccs3)s2)c1. The van der Waals surface area contributed by atoms with E-state index in [1.165, 1.54) is 4.88 Å². The first-order valence-electron chi connectivity index (χ1n) is 7.40. The monoisotopic (exact) mass is 397 g/mol. The van der Waals surface area contributed by atoms with Crippen molar-refractivity contribution in [3.63, 3.8) is 0 Å². The maximum absolute atomic E-state index is 5.92. The van der Waals surface area contributed by atoms with Crippen molar-refractivity contribution in [2.75, 3.05) is 24.2 Å². The van der Waals surface area contributed by atoms with Gasteiger partial charge >= 0.3 is 0 Å². The Morgan fingerprint density at radius 3 is 3.00 bits per heavy atom. The Morgan fingerprint density at radius 1 is 1.21 bits per heavy atom. The van der Waals surface area contributed by atoms with Gasteiger partial charge in [0.1, 0.15) is 5.75 Å². The minimum Gasteiger partial charge on any atom is -0.493 e. The van der Waals surface area contributed by atoms with Crippen molar-refractivity contribution >= 4 is 51.2 Å². The average Bonchev–Trinajstić information content (AvgIpc) is 3.24. The van der Waals surface area contributed by atoms with Gasteiger partial charge in [0.15, 0.2) is 4.34 Å². The molecule has 24 heavy (non-hydrogen) atoms. The van der Waals surface area contributed by atoms with E-state index in [2.05, 4.69) is 33.0 Å². The highest BCUT2D eigenvalue weighted by Gasteiger charge is 2.05. The fourth-order valence-electron chi connectivity index (χ4n) is 1.93. The van der Waals surface area contributed by atoms with Crippen molar-refractivity contribution in [1.82, 2.24) is 10.2 Å². The van der Waals surface area contributed by atoms with E-state index in [0.29, 0.717) is 11.6 Å². The van der Waals surface area contributed by atoms with Gasteiger partial charge in [-0.25, -0.2) is 0 Å². The number of anilines is 1. The number of thiophene rings is 1. The number of benzene rings is 1. The molecule has 3 aromatic rings. The molecule has 126 valence electrons. The van der Waals surface area contributed by atoms with Crippen molar-refractivity contribution < 1.29 is 4.74 Å². The lowest BCUT2D eigenvalue weighted by molar-refractivity contribution is 0.344. The minimum atomic E-state index is 0.603. The molecule has 1 N–H and O–H groups in total. The van der Waals surface area contributed by atoms with E-state index >= 15 is 0 Å². The van der Waals surface area contributed by atoms with Gasteiger partial charge in [-0.2, -0.15) is 0 Å². The molecule has 0 radical (unpaired) electrons. The molecule has 0 atom stereocenters. The summed E-state index contributed by atoms with van der Waals surface area (Å²) in [5.41, 5.74) is 0. The van der Waals surface area contributed by atoms with Crippen LogP contribution in [-0.2, 0) is 6.42 Å². The fourth-order valence-corrected chi connectivity index (χ4v) is 4.49. The third kappa shape index (κ3) is 5.66. The van der Waals surface area contributed by atoms with E-state index in [-0.39, 0.29) is 0 Å². The molecule has 4 nitrogen and oxygen atoms in total. The van der Waals surface area contributed by atoms with Gasteiger partial charge in [0.25, 0.3) is 0 Å². The highest BCUT2D eigenvalue weighted by Crippen LogP contribution is 2.25. The summed E-state index contributed by atoms with van der Waals surface area (Å²) >= 11 is 10.9. The lowest BCUT2D eigenvalue weighted by Gasteiger charge is -2.04. The largest absolute Gasteiger partial charge is 0.493 e. The van der Waals surface area contributed by atoms with Crippen LogP contribution in [0.2, 0.25) is 5.02 Å². The Balaban J connectivity index is 1.35. The third-order valence-electron chi connectivity index (χ3n) is 3.01. The number of hydrogen-bond donors (Lipinski definition) is 1. The van der Waals surface area contributed by atoms with Crippen LogP contribution < -0.4 is 10.1 Å². The molecule has 0 fully saturated rings. The predicted molar refractivity (Wildman–Crippen MR) is 104 cm³/mol. The lowest BCUT2D eigenvalue weighted by Crippen LogP contribution is -2.03. The van der Waals surface area contributed by atoms with E-state index in [1.807, 2.05) is 24.3 Å². The van der Waals surface area contributed by atoms with Gasteiger partial charge in [0.2, 0.25) is 5.13 Å². The number of ether oxygens (including phenoxy) is 1. The van der Waals surface area contributed by atoms with Gasteiger partial charge in [-0.1, -0.05) is 46.8 Å². The molecule has 8 heteroatoms. The first-order chi connectivity index (χ1) is 11.8. The van der Waals surface area contributed by atoms with Crippen molar-refractivity contribution in [3.05, 3.63) is 51.7 Å². The maximum atomic E-state index is 5.92. The zero-order chi connectivity index (χ0) is 16.6. The Kier molecular flexibility index (Phi) is 6.77. The van der Waals surface area contributed by atoms with Gasteiger partial charge in [-0.3, -0.25) is 0 Å². The summed E-state index contributed by atoms with van der Waals surface area (Å²) in [4.78, 5) is 1.37. The molecule has 0 aliphatic heterocycles. The zero-order valence-electron chi connectivity index (χ0n) is 12.8. The Bertz CT molecular complexity index is 749. The molecule has 0 spiro atoms. The molecule has 0 saturated heterocycles. The topological polar surface area (TPSA) is 47.0 Å². The molecule has 3 rings (SSSR count). The molecule has 2 aromatic heterocycles. The number of rotatable bonds is 9. The molecular formula is C16H16ClN3OS3. The molecule has 0 unspecified atom stereocenters. The second kappa shape index (κ2) is 9.27. The Morgan fingerprint density at radius 2 is 2.17 bits per heavy atom. The van der Waals surface area contributed by atoms with Gasteiger partial charge in [0.05, 0.1) is 6.61 Å². The van der Waals surface area contributed by atoms with Crippen LogP contribution >= 0.6 is 46.0 Å². The van der Waals surface area contributed by atoms with Crippen molar-refractivity contribution in [2.24, 2.45) is 0 Å². The number of nitrogens with zero attached hydrogens (tertiary/aromatic N) is 2. The number of halogens is 1. The fraction of sp³-hybridized carbons (Fsp3) is 0.250. The molecule has 0 amide bonds. The van der Waals surface area contributed by atoms with Crippen LogP contribution in [0.15, 0.2) is 46.1 Å². The summed E-state index contributed by atoms with van der Waals surface area (Å²) in [5, 5.41) is 15.3. The lowest BCUT2D eigenvalue weighted by atomic mass is 10.3. The van der Waals surface area contributed by atoms with Gasteiger partial charge in [-0.15, -0.1) is 21.5 Å². The van der Waals surface area contributed by atoms with Crippen LogP contribution in [0.4, 0.5) is 5.13 Å². The van der Waals surface area contributed by atoms with Crippen LogP contribution in [0.5, 0.6) is 5.75 Å². The molecule has 0 bridgehead atoms. The van der Waals surface area contributed by atoms with Crippen LogP contribution in [-0.4, -0.2) is 29.1 Å². The van der Waals surface area contributed by atoms with Crippen molar-refractivity contribution in [3.8, 4) is 5.75 Å². The van der Waals surface area contributed by atoms with Crippen molar-refractivity contribution in [2.45, 2.75) is 10.8 Å². The van der Waals surface area contributed by atoms with Crippen molar-refractivity contribution in [1.29, 1.82) is 0 Å². The second-order valence-electron chi connectivity index (χ2n) is 4.78. The summed E-state index contributed by atoms with van der Waals surface area (Å²) < 4.78 is 6.61. The molecule has 1 aromatic carbocycles. The summed E-state index contributed by atoms with van der Waals surface area (Å²) in [6.07, 6.45) is 1.01. The maximum Gasteiger partial charge on any atom is 0.206 e. The molecule has 0 saturated carbocycles. The number of thioether (sulfide) groups is 1. The highest BCUT2D eigenvalue weighted by atomic mass is 35.5. The molecule has 0 aliphatic rings. The number of aromatic nitrogens is 2.